The van der Waals surface area contributed by atoms with Crippen molar-refractivity contribution in [2.24, 2.45) is 7.05 Å². The van der Waals surface area contributed by atoms with Crippen molar-refractivity contribution in [3.8, 4) is 0 Å². The van der Waals surface area contributed by atoms with Gasteiger partial charge in [0.1, 0.15) is 0 Å². The van der Waals surface area contributed by atoms with E-state index in [-0.39, 0.29) is 0 Å². The van der Waals surface area contributed by atoms with Crippen LogP contribution in [0.1, 0.15) is 77.0 Å². The molecule has 0 spiro atoms. The van der Waals surface area contributed by atoms with Gasteiger partial charge >= 0.3 is 215 Å². The number of carboxylic acid groups (broad SMARTS) is 1. The van der Waals surface area contributed by atoms with Gasteiger partial charge in [0.05, 0.1) is 0 Å². The molecule has 2 aromatic carbocycles. The summed E-state index contributed by atoms with van der Waals surface area (Å²) in [4.78, 5) is 10.6. The molecule has 0 amide bonds. The second-order valence-corrected chi connectivity index (χ2v) is 20.7. The van der Waals surface area contributed by atoms with E-state index in [4.69, 9.17) is 5.11 Å². The minimum atomic E-state index is -2.67. The molecule has 0 bridgehead atoms. The molecule has 36 heavy (non-hydrogen) atoms. The fraction of sp³-hybridized carbons (Fsp3) is 0.467. The van der Waals surface area contributed by atoms with Crippen molar-refractivity contribution in [1.29, 1.82) is 0 Å². The Morgan fingerprint density at radius 2 is 1.19 bits per heavy atom. The van der Waals surface area contributed by atoms with Gasteiger partial charge in [-0.15, -0.1) is 0 Å². The molecule has 1 N–H and O–H groups in total. The van der Waals surface area contributed by atoms with Gasteiger partial charge < -0.3 is 5.11 Å². The standard InChI is InChI=1S/C30H42IN2O2P/c1-33-26-29(25-32-33)36(31,27-19-13-11-14-20-27,28-21-15-12-16-22-28)24-18-10-8-6-4-2-3-5-7-9-17-23-30(34)35/h11-16,19-22,25-26H,2-10,17-18,23-24H2,1H3,(H,34,35). The van der Waals surface area contributed by atoms with Crippen molar-refractivity contribution in [3.63, 3.8) is 0 Å². The first-order valence-corrected chi connectivity index (χ1v) is 18.7. The zero-order valence-corrected chi connectivity index (χ0v) is 24.7. The van der Waals surface area contributed by atoms with E-state index in [1.54, 1.807) is 0 Å². The van der Waals surface area contributed by atoms with Crippen molar-refractivity contribution < 1.29 is 9.90 Å². The molecule has 1 heterocycles. The molecule has 0 fully saturated rings. The molecule has 4 nitrogen and oxygen atoms in total. The summed E-state index contributed by atoms with van der Waals surface area (Å²) in [6.07, 6.45) is 19.0. The number of aryl methyl sites for hydroxylation is 1. The predicted molar refractivity (Wildman–Crippen MR) is 164 cm³/mol. The van der Waals surface area contributed by atoms with Gasteiger partial charge in [0, 0.05) is 6.42 Å². The molecule has 196 valence electrons. The van der Waals surface area contributed by atoms with Gasteiger partial charge in [-0.3, -0.25) is 4.79 Å². The van der Waals surface area contributed by atoms with Gasteiger partial charge in [-0.05, 0) is 0 Å². The van der Waals surface area contributed by atoms with Crippen LogP contribution in [0.15, 0.2) is 73.1 Å². The number of hydrogen-bond donors (Lipinski definition) is 1. The number of benzene rings is 2. The maximum absolute atomic E-state index is 10.6. The summed E-state index contributed by atoms with van der Waals surface area (Å²) < 4.78 is -0.720. The van der Waals surface area contributed by atoms with Gasteiger partial charge in [0.15, 0.2) is 0 Å². The molecule has 3 aromatic rings. The Hall–Kier alpha value is -1.72. The molecule has 0 aliphatic carbocycles. The first kappa shape index (κ1) is 28.8. The molecule has 0 radical (unpaired) electrons. The van der Waals surface area contributed by atoms with Crippen LogP contribution in [0.25, 0.3) is 0 Å². The van der Waals surface area contributed by atoms with Crippen LogP contribution in [-0.4, -0.2) is 27.0 Å². The van der Waals surface area contributed by atoms with Gasteiger partial charge in [-0.25, -0.2) is 0 Å². The molecule has 0 unspecified atom stereocenters. The molecule has 0 aliphatic heterocycles. The second kappa shape index (κ2) is 14.3. The van der Waals surface area contributed by atoms with E-state index in [0.717, 1.165) is 19.0 Å². The van der Waals surface area contributed by atoms with Crippen LogP contribution in [-0.2, 0) is 11.8 Å². The maximum atomic E-state index is 10.6. The molecule has 1 aromatic heterocycles. The van der Waals surface area contributed by atoms with E-state index >= 15 is 0 Å². The fourth-order valence-electron chi connectivity index (χ4n) is 5.24. The number of unbranched alkanes of at least 4 members (excludes halogenated alkanes) is 10. The zero-order valence-electron chi connectivity index (χ0n) is 21.7. The van der Waals surface area contributed by atoms with E-state index in [2.05, 4.69) is 100 Å². The van der Waals surface area contributed by atoms with Crippen LogP contribution in [0.2, 0.25) is 0 Å². The zero-order chi connectivity index (χ0) is 25.7. The summed E-state index contributed by atoms with van der Waals surface area (Å²) in [5.74, 6) is -0.670. The van der Waals surface area contributed by atoms with Crippen LogP contribution >= 0.6 is 26.3 Å². The summed E-state index contributed by atoms with van der Waals surface area (Å²) in [7, 11) is 2.02. The van der Waals surface area contributed by atoms with Crippen LogP contribution in [0, 0.1) is 0 Å². The van der Waals surface area contributed by atoms with Crippen molar-refractivity contribution >= 4 is 48.2 Å². The first-order chi connectivity index (χ1) is 17.4. The number of rotatable bonds is 17. The third kappa shape index (κ3) is 7.41. The average Bonchev–Trinajstić information content (AvgIpc) is 3.35. The number of halogens is 1. The van der Waals surface area contributed by atoms with Crippen molar-refractivity contribution in [2.75, 3.05) is 6.16 Å². The molecule has 6 heteroatoms. The number of aliphatic carboxylic acids is 1. The summed E-state index contributed by atoms with van der Waals surface area (Å²) in [5, 5.41) is 17.6. The van der Waals surface area contributed by atoms with Crippen LogP contribution < -0.4 is 15.9 Å². The number of hydrogen-bond acceptors (Lipinski definition) is 2. The topological polar surface area (TPSA) is 55.1 Å². The van der Waals surface area contributed by atoms with Gasteiger partial charge in [-0.2, -0.15) is 0 Å². The average molecular weight is 621 g/mol. The van der Waals surface area contributed by atoms with E-state index in [1.807, 2.05) is 11.7 Å². The second-order valence-electron chi connectivity index (χ2n) is 9.98. The molecule has 0 saturated heterocycles. The number of carbonyl (C=O) groups is 1. The first-order valence-electron chi connectivity index (χ1n) is 13.5. The van der Waals surface area contributed by atoms with E-state index in [1.165, 1.54) is 73.7 Å². The van der Waals surface area contributed by atoms with Gasteiger partial charge in [0.2, 0.25) is 0 Å². The Balaban J connectivity index is 1.57. The predicted octanol–water partition coefficient (Wildman–Crippen LogP) is 7.37. The van der Waals surface area contributed by atoms with Crippen molar-refractivity contribution in [2.45, 2.75) is 77.0 Å². The normalized spacial score (nSPS) is 12.8. The molecular weight excluding hydrogens is 578 g/mol. The van der Waals surface area contributed by atoms with Crippen molar-refractivity contribution in [3.05, 3.63) is 73.1 Å². The Morgan fingerprint density at radius 3 is 1.61 bits per heavy atom. The Labute approximate surface area is 230 Å². The van der Waals surface area contributed by atoms with Crippen LogP contribution in [0.4, 0.5) is 0 Å². The van der Waals surface area contributed by atoms with E-state index < -0.39 is 10.2 Å². The molecular formula is C30H42IN2O2P. The minimum absolute atomic E-state index is 0.316. The van der Waals surface area contributed by atoms with Crippen LogP contribution in [0.5, 0.6) is 0 Å². The fourth-order valence-corrected chi connectivity index (χ4v) is 13.7. The Kier molecular flexibility index (Phi) is 11.4. The SMILES string of the molecule is Cn1cc(P(I)(CCCCCCCCCCCCCC(=O)O)(c2ccccc2)c2ccccc2)cn1. The third-order valence-corrected chi connectivity index (χ3v) is 19.0. The third-order valence-electron chi connectivity index (χ3n) is 7.29. The van der Waals surface area contributed by atoms with E-state index in [9.17, 15) is 4.79 Å². The summed E-state index contributed by atoms with van der Waals surface area (Å²) in [5.41, 5.74) is 0. The summed E-state index contributed by atoms with van der Waals surface area (Å²) >= 11 is 2.86. The monoisotopic (exact) mass is 620 g/mol. The number of carboxylic acids is 1. The molecule has 0 saturated carbocycles. The molecule has 0 atom stereocenters. The van der Waals surface area contributed by atoms with Gasteiger partial charge in [-0.1, -0.05) is 0 Å². The van der Waals surface area contributed by atoms with Crippen molar-refractivity contribution in [1.82, 2.24) is 9.78 Å². The van der Waals surface area contributed by atoms with E-state index in [0.29, 0.717) is 6.42 Å². The molecule has 3 rings (SSSR count). The summed E-state index contributed by atoms with van der Waals surface area (Å²) in [6, 6.07) is 22.3. The van der Waals surface area contributed by atoms with Crippen LogP contribution in [0.3, 0.4) is 0 Å². The Bertz CT molecular complexity index is 1020. The Morgan fingerprint density at radius 1 is 0.750 bits per heavy atom. The quantitative estimate of drug-likeness (QED) is 0.0975. The number of aromatic nitrogens is 2. The molecule has 0 aliphatic rings. The summed E-state index contributed by atoms with van der Waals surface area (Å²) in [6.45, 7) is 0. The van der Waals surface area contributed by atoms with Gasteiger partial charge in [0.25, 0.3) is 0 Å². The number of nitrogens with zero attached hydrogens (tertiary/aromatic N) is 2.